The summed E-state index contributed by atoms with van der Waals surface area (Å²) in [6, 6.07) is 24.6. The van der Waals surface area contributed by atoms with Gasteiger partial charge in [-0.2, -0.15) is 0 Å². The summed E-state index contributed by atoms with van der Waals surface area (Å²) in [6.07, 6.45) is 0. The van der Waals surface area contributed by atoms with Crippen LogP contribution in [-0.4, -0.2) is 25.8 Å². The van der Waals surface area contributed by atoms with Crippen LogP contribution in [0.4, 0.5) is 5.69 Å². The third kappa shape index (κ3) is 6.25. The topological polar surface area (TPSA) is 92.5 Å². The van der Waals surface area contributed by atoms with E-state index < -0.39 is 10.0 Å². The molecule has 0 unspecified atom stereocenters. The number of carbonyl (C=O) groups is 1. The first kappa shape index (κ1) is 21.7. The number of hydrogen-bond donors (Lipinski definition) is 2. The Balaban J connectivity index is 1.74. The van der Waals surface area contributed by atoms with Crippen molar-refractivity contribution in [3.8, 4) is 0 Å². The number of primary sulfonamides is 1. The second kappa shape index (κ2) is 9.67. The number of nitrogens with one attached hydrogen (secondary N) is 1. The van der Waals surface area contributed by atoms with E-state index in [1.807, 2.05) is 65.6 Å². The number of nitrogens with two attached hydrogens (primary N) is 1. The van der Waals surface area contributed by atoms with Gasteiger partial charge in [-0.15, -0.1) is 0 Å². The van der Waals surface area contributed by atoms with Crippen molar-refractivity contribution in [2.24, 2.45) is 5.14 Å². The summed E-state index contributed by atoms with van der Waals surface area (Å²) in [5.41, 5.74) is 3.14. The molecule has 0 aliphatic rings. The third-order valence-electron chi connectivity index (χ3n) is 4.64. The summed E-state index contributed by atoms with van der Waals surface area (Å²) >= 11 is 0. The van der Waals surface area contributed by atoms with Gasteiger partial charge in [0.1, 0.15) is 0 Å². The van der Waals surface area contributed by atoms with Crippen molar-refractivity contribution in [2.45, 2.75) is 24.9 Å². The van der Waals surface area contributed by atoms with Crippen LogP contribution in [0.25, 0.3) is 0 Å². The Morgan fingerprint density at radius 1 is 0.900 bits per heavy atom. The number of hydrogen-bond acceptors (Lipinski definition) is 4. The molecule has 3 aromatic rings. The van der Waals surface area contributed by atoms with Gasteiger partial charge in [-0.05, 0) is 35.7 Å². The van der Waals surface area contributed by atoms with Crippen LogP contribution in [0.15, 0.2) is 83.8 Å². The predicted molar refractivity (Wildman–Crippen MR) is 118 cm³/mol. The first-order valence-electron chi connectivity index (χ1n) is 9.55. The van der Waals surface area contributed by atoms with E-state index in [4.69, 9.17) is 5.14 Å². The molecular weight excluding hydrogens is 398 g/mol. The van der Waals surface area contributed by atoms with Gasteiger partial charge in [-0.1, -0.05) is 66.7 Å². The minimum atomic E-state index is -3.86. The Labute approximate surface area is 177 Å². The summed E-state index contributed by atoms with van der Waals surface area (Å²) in [5, 5.41) is 8.04. The van der Waals surface area contributed by atoms with Crippen LogP contribution in [0, 0.1) is 6.92 Å². The SMILES string of the molecule is Cc1ccc(NC(=O)CN(Cc2ccccc2)Cc2ccccc2)cc1S(N)(=O)=O. The van der Waals surface area contributed by atoms with Crippen molar-refractivity contribution in [1.29, 1.82) is 0 Å². The molecule has 0 bridgehead atoms. The van der Waals surface area contributed by atoms with Gasteiger partial charge in [-0.3, -0.25) is 9.69 Å². The number of rotatable bonds is 8. The van der Waals surface area contributed by atoms with Gasteiger partial charge < -0.3 is 5.32 Å². The van der Waals surface area contributed by atoms with E-state index in [1.54, 1.807) is 19.1 Å². The highest BCUT2D eigenvalue weighted by atomic mass is 32.2. The summed E-state index contributed by atoms with van der Waals surface area (Å²) < 4.78 is 23.5. The van der Waals surface area contributed by atoms with Crippen LogP contribution in [0.1, 0.15) is 16.7 Å². The average Bonchev–Trinajstić information content (AvgIpc) is 2.70. The zero-order valence-electron chi connectivity index (χ0n) is 16.8. The van der Waals surface area contributed by atoms with Crippen LogP contribution in [0.3, 0.4) is 0 Å². The molecule has 0 atom stereocenters. The number of benzene rings is 3. The Morgan fingerprint density at radius 3 is 1.93 bits per heavy atom. The molecule has 0 spiro atoms. The fraction of sp³-hybridized carbons (Fsp3) is 0.174. The quantitative estimate of drug-likeness (QED) is 0.582. The monoisotopic (exact) mass is 423 g/mol. The smallest absolute Gasteiger partial charge is 0.238 e. The molecule has 3 rings (SSSR count). The molecule has 6 nitrogen and oxygen atoms in total. The van der Waals surface area contributed by atoms with Crippen molar-refractivity contribution in [3.63, 3.8) is 0 Å². The highest BCUT2D eigenvalue weighted by Crippen LogP contribution is 2.19. The van der Waals surface area contributed by atoms with Gasteiger partial charge in [0.05, 0.1) is 11.4 Å². The number of anilines is 1. The molecule has 0 aromatic heterocycles. The second-order valence-corrected chi connectivity index (χ2v) is 8.72. The molecule has 0 saturated heterocycles. The Kier molecular flexibility index (Phi) is 6.99. The predicted octanol–water partition coefficient (Wildman–Crippen LogP) is 3.28. The van der Waals surface area contributed by atoms with Crippen molar-refractivity contribution >= 4 is 21.6 Å². The molecule has 0 aliphatic heterocycles. The lowest BCUT2D eigenvalue weighted by Gasteiger charge is -2.22. The van der Waals surface area contributed by atoms with Crippen LogP contribution >= 0.6 is 0 Å². The van der Waals surface area contributed by atoms with Crippen LogP contribution < -0.4 is 10.5 Å². The maximum Gasteiger partial charge on any atom is 0.238 e. The molecule has 0 saturated carbocycles. The van der Waals surface area contributed by atoms with E-state index in [0.29, 0.717) is 24.3 Å². The third-order valence-corrected chi connectivity index (χ3v) is 5.70. The van der Waals surface area contributed by atoms with Gasteiger partial charge in [-0.25, -0.2) is 13.6 Å². The normalized spacial score (nSPS) is 11.4. The maximum atomic E-state index is 12.7. The van der Waals surface area contributed by atoms with Gasteiger partial charge in [0.25, 0.3) is 0 Å². The summed E-state index contributed by atoms with van der Waals surface area (Å²) in [4.78, 5) is 14.8. The standard InChI is InChI=1S/C23H25N3O3S/c1-18-12-13-21(14-22(18)30(24,28)29)25-23(27)17-26(15-19-8-4-2-5-9-19)16-20-10-6-3-7-11-20/h2-14H,15-17H2,1H3,(H,25,27)(H2,24,28,29). The van der Waals surface area contributed by atoms with E-state index in [-0.39, 0.29) is 17.3 Å². The maximum absolute atomic E-state index is 12.7. The van der Waals surface area contributed by atoms with Gasteiger partial charge in [0, 0.05) is 18.8 Å². The largest absolute Gasteiger partial charge is 0.325 e. The summed E-state index contributed by atoms with van der Waals surface area (Å²) in [5.74, 6) is -0.230. The molecule has 156 valence electrons. The lowest BCUT2D eigenvalue weighted by atomic mass is 10.1. The molecule has 3 aromatic carbocycles. The Morgan fingerprint density at radius 2 is 1.43 bits per heavy atom. The lowest BCUT2D eigenvalue weighted by Crippen LogP contribution is -2.32. The molecule has 3 N–H and O–H groups in total. The van der Waals surface area contributed by atoms with Crippen molar-refractivity contribution in [1.82, 2.24) is 4.90 Å². The molecule has 1 amide bonds. The van der Waals surface area contributed by atoms with E-state index >= 15 is 0 Å². The van der Waals surface area contributed by atoms with Gasteiger partial charge >= 0.3 is 0 Å². The number of amides is 1. The molecule has 0 fully saturated rings. The fourth-order valence-corrected chi connectivity index (χ4v) is 4.05. The molecule has 30 heavy (non-hydrogen) atoms. The van der Waals surface area contributed by atoms with Gasteiger partial charge in [0.15, 0.2) is 0 Å². The van der Waals surface area contributed by atoms with Gasteiger partial charge in [0.2, 0.25) is 15.9 Å². The number of sulfonamides is 1. The minimum Gasteiger partial charge on any atom is -0.325 e. The fourth-order valence-electron chi connectivity index (χ4n) is 3.24. The zero-order valence-corrected chi connectivity index (χ0v) is 17.6. The summed E-state index contributed by atoms with van der Waals surface area (Å²) in [7, 11) is -3.86. The molecular formula is C23H25N3O3S. The van der Waals surface area contributed by atoms with Crippen molar-refractivity contribution in [2.75, 3.05) is 11.9 Å². The molecule has 7 heteroatoms. The summed E-state index contributed by atoms with van der Waals surface area (Å²) in [6.45, 7) is 3.04. The van der Waals surface area contributed by atoms with E-state index in [1.165, 1.54) is 6.07 Å². The molecule has 0 heterocycles. The van der Waals surface area contributed by atoms with Crippen LogP contribution in [0.5, 0.6) is 0 Å². The number of nitrogens with zero attached hydrogens (tertiary/aromatic N) is 1. The van der Waals surface area contributed by atoms with Crippen LogP contribution in [0.2, 0.25) is 0 Å². The number of aryl methyl sites for hydroxylation is 1. The van der Waals surface area contributed by atoms with Crippen molar-refractivity contribution in [3.05, 3.63) is 95.6 Å². The highest BCUT2D eigenvalue weighted by molar-refractivity contribution is 7.89. The lowest BCUT2D eigenvalue weighted by molar-refractivity contribution is -0.117. The number of carbonyl (C=O) groups excluding carboxylic acids is 1. The first-order valence-corrected chi connectivity index (χ1v) is 11.1. The zero-order chi connectivity index (χ0) is 21.6. The minimum absolute atomic E-state index is 0.00530. The second-order valence-electron chi connectivity index (χ2n) is 7.19. The Bertz CT molecular complexity index is 1060. The van der Waals surface area contributed by atoms with Crippen molar-refractivity contribution < 1.29 is 13.2 Å². The van der Waals surface area contributed by atoms with E-state index in [0.717, 1.165) is 11.1 Å². The molecule has 0 radical (unpaired) electrons. The first-order chi connectivity index (χ1) is 14.3. The molecule has 0 aliphatic carbocycles. The Hall–Kier alpha value is -3.00. The van der Waals surface area contributed by atoms with E-state index in [2.05, 4.69) is 5.32 Å². The highest BCUT2D eigenvalue weighted by Gasteiger charge is 2.15. The van der Waals surface area contributed by atoms with Crippen LogP contribution in [-0.2, 0) is 27.9 Å². The van der Waals surface area contributed by atoms with E-state index in [9.17, 15) is 13.2 Å². The average molecular weight is 424 g/mol.